The zero-order valence-electron chi connectivity index (χ0n) is 16.4. The molecular weight excluding hydrogens is 409 g/mol. The van der Waals surface area contributed by atoms with Gasteiger partial charge in [0.25, 0.3) is 0 Å². The van der Waals surface area contributed by atoms with E-state index in [1.165, 1.54) is 5.56 Å². The maximum atomic E-state index is 13.7. The summed E-state index contributed by atoms with van der Waals surface area (Å²) in [6.45, 7) is 1.02. The molecule has 1 N–H and O–H groups in total. The summed E-state index contributed by atoms with van der Waals surface area (Å²) in [4.78, 5) is 13.7. The molecule has 1 heterocycles. The van der Waals surface area contributed by atoms with Crippen molar-refractivity contribution in [3.05, 3.63) is 69.7 Å². The molecule has 0 bridgehead atoms. The first-order valence-corrected chi connectivity index (χ1v) is 10.7. The summed E-state index contributed by atoms with van der Waals surface area (Å²) >= 11 is 12.2. The lowest BCUT2D eigenvalue weighted by Crippen LogP contribution is -2.56. The Morgan fingerprint density at radius 2 is 1.90 bits per heavy atom. The number of nitrogens with one attached hydrogen (secondary N) is 1. The van der Waals surface area contributed by atoms with Crippen molar-refractivity contribution >= 4 is 29.0 Å². The number of Topliss-reactive ketones (excluding diaryl/α,β-unsaturated/α-hetero) is 1. The Hall–Kier alpha value is -1.43. The molecule has 0 radical (unpaired) electrons. The first-order valence-electron chi connectivity index (χ1n) is 9.91. The molecule has 154 valence electrons. The highest BCUT2D eigenvalue weighted by molar-refractivity contribution is 6.30. The van der Waals surface area contributed by atoms with Crippen LogP contribution in [0.15, 0.2) is 48.5 Å². The van der Waals surface area contributed by atoms with Gasteiger partial charge in [0.1, 0.15) is 6.79 Å². The maximum Gasteiger partial charge on any atom is 0.160 e. The summed E-state index contributed by atoms with van der Waals surface area (Å²) in [5.41, 5.74) is 1.65. The maximum absolute atomic E-state index is 13.7. The monoisotopic (exact) mass is 433 g/mol. The minimum absolute atomic E-state index is 0.0275. The fraction of sp³-hybridized carbons (Fsp3) is 0.435. The third-order valence-electron chi connectivity index (χ3n) is 6.21. The van der Waals surface area contributed by atoms with Gasteiger partial charge >= 0.3 is 0 Å². The van der Waals surface area contributed by atoms with E-state index in [0.717, 1.165) is 23.6 Å². The van der Waals surface area contributed by atoms with Gasteiger partial charge in [-0.2, -0.15) is 0 Å². The van der Waals surface area contributed by atoms with Gasteiger partial charge in [0.05, 0.1) is 17.6 Å². The minimum Gasteiger partial charge on any atom is -0.359 e. The van der Waals surface area contributed by atoms with E-state index in [4.69, 9.17) is 32.7 Å². The number of hydrogen-bond acceptors (Lipinski definition) is 4. The molecule has 29 heavy (non-hydrogen) atoms. The zero-order chi connectivity index (χ0) is 20.4. The van der Waals surface area contributed by atoms with Gasteiger partial charge in [-0.3, -0.25) is 4.79 Å². The van der Waals surface area contributed by atoms with Gasteiger partial charge in [0.15, 0.2) is 5.78 Å². The van der Waals surface area contributed by atoms with Gasteiger partial charge < -0.3 is 14.8 Å². The smallest absolute Gasteiger partial charge is 0.160 e. The largest absolute Gasteiger partial charge is 0.359 e. The van der Waals surface area contributed by atoms with E-state index in [1.807, 2.05) is 42.5 Å². The lowest BCUT2D eigenvalue weighted by molar-refractivity contribution is -0.149. The summed E-state index contributed by atoms with van der Waals surface area (Å²) in [7, 11) is 1.61. The van der Waals surface area contributed by atoms with Crippen LogP contribution in [0.3, 0.4) is 0 Å². The summed E-state index contributed by atoms with van der Waals surface area (Å²) in [6.07, 6.45) is 2.13. The molecule has 2 aromatic rings. The lowest BCUT2D eigenvalue weighted by atomic mass is 9.58. The second-order valence-corrected chi connectivity index (χ2v) is 8.88. The number of hydrogen-bond donors (Lipinski definition) is 1. The van der Waals surface area contributed by atoms with Crippen LogP contribution in [0.5, 0.6) is 0 Å². The highest BCUT2D eigenvalue weighted by atomic mass is 35.5. The zero-order valence-corrected chi connectivity index (χ0v) is 17.9. The molecule has 4 rings (SSSR count). The van der Waals surface area contributed by atoms with E-state index in [9.17, 15) is 4.79 Å². The summed E-state index contributed by atoms with van der Waals surface area (Å²) in [6, 6.07) is 15.4. The van der Waals surface area contributed by atoms with Crippen molar-refractivity contribution < 1.29 is 14.3 Å². The molecule has 6 heteroatoms. The highest BCUT2D eigenvalue weighted by Gasteiger charge is 2.54. The average Bonchev–Trinajstić information content (AvgIpc) is 3.18. The Morgan fingerprint density at radius 1 is 1.14 bits per heavy atom. The Balaban J connectivity index is 1.52. The van der Waals surface area contributed by atoms with E-state index in [-0.39, 0.29) is 30.6 Å². The predicted octanol–water partition coefficient (Wildman–Crippen LogP) is 4.73. The Bertz CT molecular complexity index is 865. The predicted molar refractivity (Wildman–Crippen MR) is 115 cm³/mol. The Labute approximate surface area is 181 Å². The summed E-state index contributed by atoms with van der Waals surface area (Å²) in [5.74, 6) is 0.521. The minimum atomic E-state index is -0.538. The molecule has 1 saturated carbocycles. The molecule has 2 aromatic carbocycles. The molecule has 0 spiro atoms. The molecule has 2 fully saturated rings. The highest BCUT2D eigenvalue weighted by Crippen LogP contribution is 2.48. The molecule has 1 aliphatic carbocycles. The van der Waals surface area contributed by atoms with Crippen LogP contribution < -0.4 is 5.32 Å². The topological polar surface area (TPSA) is 47.6 Å². The summed E-state index contributed by atoms with van der Waals surface area (Å²) < 4.78 is 10.7. The number of methoxy groups -OCH3 is 1. The molecule has 1 saturated heterocycles. The second-order valence-electron chi connectivity index (χ2n) is 8.01. The number of ketones is 1. The third kappa shape index (κ3) is 4.23. The van der Waals surface area contributed by atoms with Crippen molar-refractivity contribution in [2.45, 2.75) is 42.7 Å². The molecular formula is C23H25Cl2NO3. The fourth-order valence-corrected chi connectivity index (χ4v) is 4.96. The molecule has 4 nitrogen and oxygen atoms in total. The number of carbonyl (C=O) groups excluding carboxylic acids is 1. The lowest BCUT2D eigenvalue weighted by Gasteiger charge is -2.47. The van der Waals surface area contributed by atoms with Crippen molar-refractivity contribution in [1.29, 1.82) is 0 Å². The van der Waals surface area contributed by atoms with E-state index in [1.54, 1.807) is 7.11 Å². The van der Waals surface area contributed by atoms with Gasteiger partial charge in [0, 0.05) is 23.7 Å². The van der Waals surface area contributed by atoms with E-state index < -0.39 is 5.41 Å². The van der Waals surface area contributed by atoms with Gasteiger partial charge in [-0.1, -0.05) is 47.5 Å². The van der Waals surface area contributed by atoms with E-state index in [0.29, 0.717) is 17.9 Å². The van der Waals surface area contributed by atoms with Crippen LogP contribution in [-0.4, -0.2) is 38.4 Å². The van der Waals surface area contributed by atoms with Crippen LogP contribution in [-0.2, 0) is 19.7 Å². The number of carbonyl (C=O) groups is 1. The van der Waals surface area contributed by atoms with Crippen molar-refractivity contribution in [2.24, 2.45) is 0 Å². The number of rotatable bonds is 7. The first kappa shape index (κ1) is 20.8. The normalized spacial score (nSPS) is 28.9. The van der Waals surface area contributed by atoms with Gasteiger partial charge in [-0.15, -0.1) is 0 Å². The van der Waals surface area contributed by atoms with Gasteiger partial charge in [-0.05, 0) is 60.6 Å². The number of benzene rings is 2. The molecule has 2 unspecified atom stereocenters. The standard InChI is InChI=1S/C23H25Cl2NO3/c1-28-14-29-20-11-23(12-20,17-5-7-18(24)8-6-17)22(27)21-10-16(13-26-21)15-3-2-4-19(25)9-15/h2-9,16,20-21,26H,10-14H2,1H3. The summed E-state index contributed by atoms with van der Waals surface area (Å²) in [5, 5.41) is 4.85. The fourth-order valence-electron chi connectivity index (χ4n) is 4.63. The van der Waals surface area contributed by atoms with Crippen LogP contribution >= 0.6 is 23.2 Å². The SMILES string of the molecule is COCOC1CC(C(=O)C2CC(c3cccc(Cl)c3)CN2)(c2ccc(Cl)cc2)C1. The quantitative estimate of drug-likeness (QED) is 0.641. The second kappa shape index (κ2) is 8.75. The number of ether oxygens (including phenoxy) is 2. The average molecular weight is 434 g/mol. The van der Waals surface area contributed by atoms with Crippen molar-refractivity contribution in [1.82, 2.24) is 5.32 Å². The van der Waals surface area contributed by atoms with Crippen molar-refractivity contribution in [3.8, 4) is 0 Å². The van der Waals surface area contributed by atoms with Crippen LogP contribution in [0.2, 0.25) is 10.0 Å². The van der Waals surface area contributed by atoms with Crippen molar-refractivity contribution in [3.63, 3.8) is 0 Å². The van der Waals surface area contributed by atoms with Crippen LogP contribution in [0, 0.1) is 0 Å². The van der Waals surface area contributed by atoms with Crippen molar-refractivity contribution in [2.75, 3.05) is 20.4 Å². The molecule has 0 aromatic heterocycles. The van der Waals surface area contributed by atoms with E-state index >= 15 is 0 Å². The first-order chi connectivity index (χ1) is 14.0. The molecule has 2 aliphatic rings. The van der Waals surface area contributed by atoms with Crippen LogP contribution in [0.25, 0.3) is 0 Å². The van der Waals surface area contributed by atoms with Gasteiger partial charge in [0.2, 0.25) is 0 Å². The third-order valence-corrected chi connectivity index (χ3v) is 6.70. The molecule has 2 atom stereocenters. The molecule has 1 aliphatic heterocycles. The van der Waals surface area contributed by atoms with Crippen LogP contribution in [0.1, 0.15) is 36.3 Å². The Morgan fingerprint density at radius 3 is 2.59 bits per heavy atom. The molecule has 0 amide bonds. The van der Waals surface area contributed by atoms with Gasteiger partial charge in [-0.25, -0.2) is 0 Å². The number of halogens is 2. The van der Waals surface area contributed by atoms with Crippen LogP contribution in [0.4, 0.5) is 0 Å². The Kier molecular flexibility index (Phi) is 6.28. The van der Waals surface area contributed by atoms with E-state index in [2.05, 4.69) is 11.4 Å².